The maximum Gasteiger partial charge on any atom is 0.240 e. The van der Waals surface area contributed by atoms with Crippen molar-refractivity contribution in [2.24, 2.45) is 4.99 Å². The maximum absolute atomic E-state index is 12.6. The van der Waals surface area contributed by atoms with Crippen molar-refractivity contribution < 1.29 is 8.42 Å². The van der Waals surface area contributed by atoms with E-state index in [4.69, 9.17) is 0 Å². The van der Waals surface area contributed by atoms with Gasteiger partial charge in [-0.05, 0) is 57.2 Å². The number of sulfonamides is 1. The number of guanidine groups is 1. The van der Waals surface area contributed by atoms with Crippen molar-refractivity contribution in [3.8, 4) is 0 Å². The van der Waals surface area contributed by atoms with Crippen molar-refractivity contribution in [1.82, 2.24) is 20.3 Å². The second kappa shape index (κ2) is 12.4. The van der Waals surface area contributed by atoms with Crippen LogP contribution in [0.3, 0.4) is 0 Å². The van der Waals surface area contributed by atoms with Crippen LogP contribution in [-0.2, 0) is 10.0 Å². The Hall–Kier alpha value is -0.910. The van der Waals surface area contributed by atoms with Crippen molar-refractivity contribution in [2.45, 2.75) is 69.9 Å². The highest BCUT2D eigenvalue weighted by Crippen LogP contribution is 2.26. The third-order valence-corrected chi connectivity index (χ3v) is 7.66. The van der Waals surface area contributed by atoms with Gasteiger partial charge in [-0.2, -0.15) is 0 Å². The number of aliphatic imine (C=N–C) groups is 1. The highest BCUT2D eigenvalue weighted by atomic mass is 127. The van der Waals surface area contributed by atoms with E-state index in [9.17, 15) is 8.42 Å². The molecule has 0 radical (unpaired) electrons. The van der Waals surface area contributed by atoms with Crippen LogP contribution >= 0.6 is 24.0 Å². The van der Waals surface area contributed by atoms with Crippen LogP contribution in [0.15, 0.2) is 28.1 Å². The Morgan fingerprint density at radius 3 is 2.65 bits per heavy atom. The average Bonchev–Trinajstić information content (AvgIpc) is 3.39. The molecule has 0 aromatic heterocycles. The first-order chi connectivity index (χ1) is 14.4. The zero-order chi connectivity index (χ0) is 21.6. The fraction of sp³-hybridized carbons (Fsp3) is 0.682. The third-order valence-electron chi connectivity index (χ3n) is 6.05. The number of hydrogen-bond donors (Lipinski definition) is 3. The summed E-state index contributed by atoms with van der Waals surface area (Å²) in [6, 6.07) is 6.63. The van der Waals surface area contributed by atoms with E-state index < -0.39 is 10.0 Å². The van der Waals surface area contributed by atoms with E-state index in [0.29, 0.717) is 17.5 Å². The van der Waals surface area contributed by atoms with Gasteiger partial charge in [0.2, 0.25) is 10.0 Å². The molecule has 2 aliphatic rings. The predicted molar refractivity (Wildman–Crippen MR) is 138 cm³/mol. The number of nitrogens with zero attached hydrogens (tertiary/aromatic N) is 2. The predicted octanol–water partition coefficient (Wildman–Crippen LogP) is 2.77. The number of halogens is 1. The molecule has 31 heavy (non-hydrogen) atoms. The summed E-state index contributed by atoms with van der Waals surface area (Å²) in [6.45, 7) is 9.40. The molecular formula is C22H38IN5O2S. The van der Waals surface area contributed by atoms with Crippen molar-refractivity contribution in [1.29, 1.82) is 0 Å². The van der Waals surface area contributed by atoms with Gasteiger partial charge in [0.25, 0.3) is 0 Å². The lowest BCUT2D eigenvalue weighted by molar-refractivity contribution is 0.242. The molecule has 1 aliphatic carbocycles. The smallest absolute Gasteiger partial charge is 0.240 e. The molecule has 1 atom stereocenters. The van der Waals surface area contributed by atoms with Crippen LogP contribution in [0.25, 0.3) is 0 Å². The van der Waals surface area contributed by atoms with Crippen molar-refractivity contribution in [3.05, 3.63) is 29.3 Å². The molecule has 2 fully saturated rings. The molecule has 1 unspecified atom stereocenters. The van der Waals surface area contributed by atoms with Crippen LogP contribution in [0, 0.1) is 13.8 Å². The molecule has 3 rings (SSSR count). The lowest BCUT2D eigenvalue weighted by atomic mass is 10.2. The second-order valence-electron chi connectivity index (χ2n) is 8.49. The van der Waals surface area contributed by atoms with Gasteiger partial charge in [0.15, 0.2) is 5.96 Å². The summed E-state index contributed by atoms with van der Waals surface area (Å²) in [7, 11) is -3.53. The van der Waals surface area contributed by atoms with E-state index in [1.165, 1.54) is 25.7 Å². The summed E-state index contributed by atoms with van der Waals surface area (Å²) in [5, 5.41) is 6.82. The Labute approximate surface area is 204 Å². The SMILES string of the molecule is CCNC(=NCCNS(=O)(=O)c1cc(C)ccc1C)NC1CCN(C2CCCC2)C1.I. The molecule has 1 heterocycles. The van der Waals surface area contributed by atoms with Gasteiger partial charge < -0.3 is 10.6 Å². The van der Waals surface area contributed by atoms with Crippen molar-refractivity contribution >= 4 is 40.0 Å². The van der Waals surface area contributed by atoms with Gasteiger partial charge in [-0.15, -0.1) is 24.0 Å². The standard InChI is InChI=1S/C22H37N5O2S.HI/c1-4-23-22(26-19-11-14-27(16-19)20-7-5-6-8-20)24-12-13-25-30(28,29)21-15-17(2)9-10-18(21)3;/h9-10,15,19-20,25H,4-8,11-14,16H2,1-3H3,(H2,23,24,26);1H. The number of aryl methyl sites for hydroxylation is 2. The molecule has 1 saturated carbocycles. The summed E-state index contributed by atoms with van der Waals surface area (Å²) < 4.78 is 27.9. The highest BCUT2D eigenvalue weighted by Gasteiger charge is 2.30. The van der Waals surface area contributed by atoms with Crippen LogP contribution in [0.2, 0.25) is 0 Å². The van der Waals surface area contributed by atoms with Gasteiger partial charge in [0.1, 0.15) is 0 Å². The Kier molecular flexibility index (Phi) is 10.5. The van der Waals surface area contributed by atoms with Gasteiger partial charge in [0.05, 0.1) is 11.4 Å². The first-order valence-electron chi connectivity index (χ1n) is 11.2. The summed E-state index contributed by atoms with van der Waals surface area (Å²) >= 11 is 0. The minimum Gasteiger partial charge on any atom is -0.357 e. The molecule has 9 heteroatoms. The van der Waals surface area contributed by atoms with Crippen molar-refractivity contribution in [2.75, 3.05) is 32.7 Å². The Morgan fingerprint density at radius 1 is 1.19 bits per heavy atom. The fourth-order valence-corrected chi connectivity index (χ4v) is 5.79. The number of hydrogen-bond acceptors (Lipinski definition) is 4. The summed E-state index contributed by atoms with van der Waals surface area (Å²) in [5.74, 6) is 0.765. The van der Waals surface area contributed by atoms with E-state index in [2.05, 4.69) is 25.2 Å². The molecule has 3 N–H and O–H groups in total. The molecule has 7 nitrogen and oxygen atoms in total. The normalized spacial score (nSPS) is 20.6. The highest BCUT2D eigenvalue weighted by molar-refractivity contribution is 14.0. The molecule has 1 aliphatic heterocycles. The largest absolute Gasteiger partial charge is 0.357 e. The van der Waals surface area contributed by atoms with Crippen LogP contribution in [0.5, 0.6) is 0 Å². The van der Waals surface area contributed by atoms with Crippen LogP contribution in [0.1, 0.15) is 50.2 Å². The number of nitrogens with one attached hydrogen (secondary N) is 3. The minimum atomic E-state index is -3.53. The lowest BCUT2D eigenvalue weighted by Gasteiger charge is -2.24. The summed E-state index contributed by atoms with van der Waals surface area (Å²) in [5.41, 5.74) is 1.68. The molecule has 1 aromatic rings. The zero-order valence-electron chi connectivity index (χ0n) is 19.0. The lowest BCUT2D eigenvalue weighted by Crippen LogP contribution is -2.45. The van der Waals surface area contributed by atoms with Gasteiger partial charge in [-0.3, -0.25) is 9.89 Å². The molecule has 1 saturated heterocycles. The fourth-order valence-electron chi connectivity index (χ4n) is 4.44. The van der Waals surface area contributed by atoms with Crippen LogP contribution in [0.4, 0.5) is 0 Å². The van der Waals surface area contributed by atoms with Crippen LogP contribution < -0.4 is 15.4 Å². The molecule has 0 bridgehead atoms. The molecule has 0 spiro atoms. The number of likely N-dealkylation sites (tertiary alicyclic amines) is 1. The monoisotopic (exact) mass is 563 g/mol. The van der Waals surface area contributed by atoms with E-state index in [1.807, 2.05) is 32.9 Å². The van der Waals surface area contributed by atoms with Gasteiger partial charge in [0, 0.05) is 38.3 Å². The summed E-state index contributed by atoms with van der Waals surface area (Å²) in [4.78, 5) is 7.54. The summed E-state index contributed by atoms with van der Waals surface area (Å²) in [6.07, 6.45) is 6.52. The van der Waals surface area contributed by atoms with Crippen LogP contribution in [-0.4, -0.2) is 64.1 Å². The average molecular weight is 564 g/mol. The van der Waals surface area contributed by atoms with E-state index in [-0.39, 0.29) is 30.5 Å². The quantitative estimate of drug-likeness (QED) is 0.196. The molecular weight excluding hydrogens is 525 g/mol. The van der Waals surface area contributed by atoms with Gasteiger partial charge in [-0.1, -0.05) is 25.0 Å². The van der Waals surface area contributed by atoms with E-state index >= 15 is 0 Å². The first-order valence-corrected chi connectivity index (χ1v) is 12.7. The number of rotatable bonds is 8. The van der Waals surface area contributed by atoms with Gasteiger partial charge >= 0.3 is 0 Å². The minimum absolute atomic E-state index is 0. The maximum atomic E-state index is 12.6. The molecule has 176 valence electrons. The second-order valence-corrected chi connectivity index (χ2v) is 10.2. The third kappa shape index (κ3) is 7.57. The van der Waals surface area contributed by atoms with Gasteiger partial charge in [-0.25, -0.2) is 13.1 Å². The molecule has 0 amide bonds. The van der Waals surface area contributed by atoms with E-state index in [0.717, 1.165) is 49.2 Å². The number of benzene rings is 1. The first kappa shape index (κ1) is 26.3. The zero-order valence-corrected chi connectivity index (χ0v) is 22.1. The van der Waals surface area contributed by atoms with E-state index in [1.54, 1.807) is 6.07 Å². The molecule has 1 aromatic carbocycles. The Bertz CT molecular complexity index is 840. The van der Waals surface area contributed by atoms with Crippen molar-refractivity contribution in [3.63, 3.8) is 0 Å². The Morgan fingerprint density at radius 2 is 1.94 bits per heavy atom. The Balaban J connectivity index is 0.00000341. The topological polar surface area (TPSA) is 85.8 Å².